The van der Waals surface area contributed by atoms with Crippen LogP contribution in [0.1, 0.15) is 52.9 Å². The van der Waals surface area contributed by atoms with Crippen LogP contribution in [0.4, 0.5) is 4.79 Å². The van der Waals surface area contributed by atoms with Crippen molar-refractivity contribution in [1.29, 1.82) is 0 Å². The van der Waals surface area contributed by atoms with Crippen LogP contribution in [0, 0.1) is 11.3 Å². The van der Waals surface area contributed by atoms with Crippen LogP contribution in [0.15, 0.2) is 0 Å². The predicted octanol–water partition coefficient (Wildman–Crippen LogP) is 1.89. The summed E-state index contributed by atoms with van der Waals surface area (Å²) >= 11 is 0. The number of carboxylic acid groups (broad SMARTS) is 1. The smallest absolute Gasteiger partial charge is 0.321 e. The lowest BCUT2D eigenvalue weighted by Crippen LogP contribution is -2.47. The summed E-state index contributed by atoms with van der Waals surface area (Å²) in [5.41, 5.74) is -1.18. The molecule has 3 amide bonds. The number of aliphatic carboxylic acids is 1. The lowest BCUT2D eigenvalue weighted by molar-refractivity contribution is -0.149. The molecule has 0 aromatic carbocycles. The monoisotopic (exact) mass is 284 g/mol. The molecule has 0 radical (unpaired) electrons. The number of carbonyl (C=O) groups excluding carboxylic acids is 2. The molecule has 2 unspecified atom stereocenters. The van der Waals surface area contributed by atoms with Crippen molar-refractivity contribution in [3.05, 3.63) is 0 Å². The van der Waals surface area contributed by atoms with Gasteiger partial charge in [0.2, 0.25) is 5.91 Å². The zero-order chi connectivity index (χ0) is 15.3. The van der Waals surface area contributed by atoms with E-state index in [0.717, 1.165) is 19.3 Å². The molecule has 6 nitrogen and oxygen atoms in total. The van der Waals surface area contributed by atoms with Crippen LogP contribution in [0.2, 0.25) is 0 Å². The molecular formula is C14H24N2O4. The van der Waals surface area contributed by atoms with Gasteiger partial charge < -0.3 is 10.4 Å². The van der Waals surface area contributed by atoms with E-state index in [4.69, 9.17) is 5.11 Å². The van der Waals surface area contributed by atoms with Gasteiger partial charge >= 0.3 is 12.0 Å². The second-order valence-electron chi connectivity index (χ2n) is 6.36. The average Bonchev–Trinajstić information content (AvgIpc) is 2.26. The van der Waals surface area contributed by atoms with Crippen molar-refractivity contribution in [3.63, 3.8) is 0 Å². The molecule has 6 heteroatoms. The van der Waals surface area contributed by atoms with Gasteiger partial charge in [-0.3, -0.25) is 14.9 Å². The van der Waals surface area contributed by atoms with E-state index in [-0.39, 0.29) is 12.5 Å². The summed E-state index contributed by atoms with van der Waals surface area (Å²) in [4.78, 5) is 34.3. The summed E-state index contributed by atoms with van der Waals surface area (Å²) < 4.78 is 0. The first-order valence-corrected chi connectivity index (χ1v) is 7.04. The highest BCUT2D eigenvalue weighted by atomic mass is 16.4. The largest absolute Gasteiger partial charge is 0.481 e. The molecule has 114 valence electrons. The molecule has 0 saturated heterocycles. The number of amides is 3. The third kappa shape index (κ3) is 5.19. The lowest BCUT2D eigenvalue weighted by atomic mass is 9.87. The SMILES string of the molecule is CC1CCCC(NC(=O)NC(=O)CC(C)(C)C(=O)O)C1. The summed E-state index contributed by atoms with van der Waals surface area (Å²) in [6, 6.07) is -0.436. The topological polar surface area (TPSA) is 95.5 Å². The van der Waals surface area contributed by atoms with Crippen molar-refractivity contribution in [2.45, 2.75) is 58.9 Å². The van der Waals surface area contributed by atoms with E-state index in [2.05, 4.69) is 17.6 Å². The number of hydrogen-bond acceptors (Lipinski definition) is 3. The predicted molar refractivity (Wildman–Crippen MR) is 74.1 cm³/mol. The minimum Gasteiger partial charge on any atom is -0.481 e. The summed E-state index contributed by atoms with van der Waals surface area (Å²) in [6.07, 6.45) is 3.86. The number of carbonyl (C=O) groups is 3. The Labute approximate surface area is 119 Å². The molecule has 2 atom stereocenters. The summed E-state index contributed by atoms with van der Waals surface area (Å²) in [6.45, 7) is 5.05. The molecule has 1 aliphatic rings. The number of rotatable bonds is 4. The van der Waals surface area contributed by atoms with E-state index in [1.807, 2.05) is 0 Å². The first-order valence-electron chi connectivity index (χ1n) is 7.04. The fraction of sp³-hybridized carbons (Fsp3) is 0.786. The zero-order valence-corrected chi connectivity index (χ0v) is 12.4. The molecule has 0 aromatic heterocycles. The Balaban J connectivity index is 2.38. The first kappa shape index (κ1) is 16.5. The molecule has 3 N–H and O–H groups in total. The van der Waals surface area contributed by atoms with Gasteiger partial charge in [-0.15, -0.1) is 0 Å². The van der Waals surface area contributed by atoms with Gasteiger partial charge in [0, 0.05) is 12.5 Å². The van der Waals surface area contributed by atoms with Gasteiger partial charge in [0.25, 0.3) is 0 Å². The third-order valence-electron chi connectivity index (χ3n) is 3.71. The van der Waals surface area contributed by atoms with Crippen LogP contribution in [-0.2, 0) is 9.59 Å². The molecule has 1 aliphatic carbocycles. The van der Waals surface area contributed by atoms with Crippen molar-refractivity contribution >= 4 is 17.9 Å². The van der Waals surface area contributed by atoms with Crippen molar-refractivity contribution in [3.8, 4) is 0 Å². The van der Waals surface area contributed by atoms with Gasteiger partial charge in [-0.05, 0) is 32.6 Å². The van der Waals surface area contributed by atoms with Gasteiger partial charge in [-0.25, -0.2) is 4.79 Å². The molecule has 0 aliphatic heterocycles. The molecule has 1 saturated carbocycles. The normalized spacial score (nSPS) is 22.9. The number of nitrogens with one attached hydrogen (secondary N) is 2. The fourth-order valence-corrected chi connectivity index (χ4v) is 2.43. The van der Waals surface area contributed by atoms with Gasteiger partial charge in [-0.2, -0.15) is 0 Å². The first-order chi connectivity index (χ1) is 9.20. The number of hydrogen-bond donors (Lipinski definition) is 3. The van der Waals surface area contributed by atoms with Crippen molar-refractivity contribution in [2.75, 3.05) is 0 Å². The maximum Gasteiger partial charge on any atom is 0.321 e. The minimum atomic E-state index is -1.18. The van der Waals surface area contributed by atoms with Crippen LogP contribution in [0.3, 0.4) is 0 Å². The average molecular weight is 284 g/mol. The molecular weight excluding hydrogens is 260 g/mol. The highest BCUT2D eigenvalue weighted by Gasteiger charge is 2.31. The maximum absolute atomic E-state index is 11.7. The van der Waals surface area contributed by atoms with Gasteiger partial charge in [0.15, 0.2) is 0 Å². The lowest BCUT2D eigenvalue weighted by Gasteiger charge is -2.27. The molecule has 0 heterocycles. The Morgan fingerprint density at radius 2 is 1.90 bits per heavy atom. The molecule has 0 aromatic rings. The van der Waals surface area contributed by atoms with Crippen molar-refractivity contribution in [1.82, 2.24) is 10.6 Å². The van der Waals surface area contributed by atoms with Gasteiger partial charge in [0.1, 0.15) is 0 Å². The molecule has 1 fully saturated rings. The van der Waals surface area contributed by atoms with Crippen LogP contribution in [0.5, 0.6) is 0 Å². The van der Waals surface area contributed by atoms with E-state index in [9.17, 15) is 14.4 Å². The number of urea groups is 1. The second kappa shape index (κ2) is 6.72. The Morgan fingerprint density at radius 1 is 1.25 bits per heavy atom. The Hall–Kier alpha value is -1.59. The van der Waals surface area contributed by atoms with E-state index in [0.29, 0.717) is 5.92 Å². The van der Waals surface area contributed by atoms with Gasteiger partial charge in [0.05, 0.1) is 5.41 Å². The highest BCUT2D eigenvalue weighted by molar-refractivity contribution is 5.96. The van der Waals surface area contributed by atoms with E-state index < -0.39 is 23.3 Å². The van der Waals surface area contributed by atoms with Crippen LogP contribution < -0.4 is 10.6 Å². The summed E-state index contributed by atoms with van der Waals surface area (Å²) in [7, 11) is 0. The molecule has 1 rings (SSSR count). The van der Waals surface area contributed by atoms with Crippen molar-refractivity contribution < 1.29 is 19.5 Å². The Bertz CT molecular complexity index is 393. The number of imide groups is 1. The quantitative estimate of drug-likeness (QED) is 0.734. The summed E-state index contributed by atoms with van der Waals surface area (Å²) in [5.74, 6) is -1.05. The third-order valence-corrected chi connectivity index (χ3v) is 3.71. The Morgan fingerprint density at radius 3 is 2.45 bits per heavy atom. The van der Waals surface area contributed by atoms with Gasteiger partial charge in [-0.1, -0.05) is 19.8 Å². The van der Waals surface area contributed by atoms with E-state index >= 15 is 0 Å². The standard InChI is InChI=1S/C14H24N2O4/c1-9-5-4-6-10(7-9)15-13(20)16-11(17)8-14(2,3)12(18)19/h9-10H,4-8H2,1-3H3,(H,18,19)(H2,15,16,17,20). The second-order valence-corrected chi connectivity index (χ2v) is 6.36. The van der Waals surface area contributed by atoms with Crippen LogP contribution in [0.25, 0.3) is 0 Å². The van der Waals surface area contributed by atoms with E-state index in [1.54, 1.807) is 0 Å². The maximum atomic E-state index is 11.7. The van der Waals surface area contributed by atoms with E-state index in [1.165, 1.54) is 20.3 Å². The minimum absolute atomic E-state index is 0.0963. The molecule has 20 heavy (non-hydrogen) atoms. The van der Waals surface area contributed by atoms with Crippen molar-refractivity contribution in [2.24, 2.45) is 11.3 Å². The fourth-order valence-electron chi connectivity index (χ4n) is 2.43. The number of carboxylic acids is 1. The zero-order valence-electron chi connectivity index (χ0n) is 12.4. The van der Waals surface area contributed by atoms with Crippen LogP contribution in [-0.4, -0.2) is 29.1 Å². The molecule has 0 bridgehead atoms. The molecule has 0 spiro atoms. The summed E-state index contributed by atoms with van der Waals surface area (Å²) in [5, 5.41) is 13.9. The Kier molecular flexibility index (Phi) is 5.53. The highest BCUT2D eigenvalue weighted by Crippen LogP contribution is 2.23. The van der Waals surface area contributed by atoms with Crippen LogP contribution >= 0.6 is 0 Å².